The number of aromatic nitrogens is 2. The average molecular weight is 384 g/mol. The minimum Gasteiger partial charge on any atom is -0.377 e. The van der Waals surface area contributed by atoms with Gasteiger partial charge in [0.1, 0.15) is 5.69 Å². The van der Waals surface area contributed by atoms with E-state index >= 15 is 0 Å². The molecule has 0 radical (unpaired) electrons. The van der Waals surface area contributed by atoms with Crippen LogP contribution in [0.15, 0.2) is 6.20 Å². The van der Waals surface area contributed by atoms with E-state index < -0.39 is 23.2 Å². The molecule has 1 saturated heterocycles. The zero-order chi connectivity index (χ0) is 18.8. The average Bonchev–Trinajstić information content (AvgIpc) is 3.22. The van der Waals surface area contributed by atoms with E-state index in [0.717, 1.165) is 6.29 Å². The fraction of sp³-hybridized carbons (Fsp3) is 0.438. The van der Waals surface area contributed by atoms with Gasteiger partial charge in [0.15, 0.2) is 23.1 Å². The van der Waals surface area contributed by atoms with Gasteiger partial charge in [-0.3, -0.25) is 9.59 Å². The number of thiazole rings is 1. The third-order valence-electron chi connectivity index (χ3n) is 4.36. The zero-order valence-corrected chi connectivity index (χ0v) is 15.0. The number of rotatable bonds is 5. The normalized spacial score (nSPS) is 20.2. The molecule has 1 aliphatic rings. The van der Waals surface area contributed by atoms with Gasteiger partial charge >= 0.3 is 0 Å². The highest BCUT2D eigenvalue weighted by Crippen LogP contribution is 2.26. The van der Waals surface area contributed by atoms with Gasteiger partial charge in [-0.25, -0.2) is 13.8 Å². The lowest BCUT2D eigenvalue weighted by atomic mass is 10.0. The first-order valence-corrected chi connectivity index (χ1v) is 8.79. The van der Waals surface area contributed by atoms with Crippen molar-refractivity contribution >= 4 is 28.7 Å². The first-order chi connectivity index (χ1) is 12.4. The second-order valence-electron chi connectivity index (χ2n) is 6.00. The summed E-state index contributed by atoms with van der Waals surface area (Å²) in [7, 11) is 1.52. The molecule has 140 valence electrons. The van der Waals surface area contributed by atoms with Crippen molar-refractivity contribution in [3.63, 3.8) is 0 Å². The monoisotopic (exact) mass is 384 g/mol. The first-order valence-electron chi connectivity index (χ1n) is 7.97. The number of nitrogens with zero attached hydrogens (tertiary/aromatic N) is 2. The van der Waals surface area contributed by atoms with Gasteiger partial charge in [0, 0.05) is 20.2 Å². The van der Waals surface area contributed by atoms with Crippen molar-refractivity contribution < 1.29 is 23.1 Å². The lowest BCUT2D eigenvalue weighted by molar-refractivity contribution is 0.0538. The Hall–Kier alpha value is -2.33. The second kappa shape index (κ2) is 7.50. The van der Waals surface area contributed by atoms with Crippen LogP contribution in [0.1, 0.15) is 32.3 Å². The van der Waals surface area contributed by atoms with Crippen LogP contribution in [0, 0.1) is 18.6 Å². The molecule has 7 nitrogen and oxygen atoms in total. The van der Waals surface area contributed by atoms with Gasteiger partial charge in [-0.2, -0.15) is 0 Å². The molecule has 0 bridgehead atoms. The molecule has 3 rings (SSSR count). The van der Waals surface area contributed by atoms with E-state index in [1.165, 1.54) is 31.6 Å². The maximum Gasteiger partial charge on any atom is 0.271 e. The third kappa shape index (κ3) is 3.47. The van der Waals surface area contributed by atoms with Gasteiger partial charge in [-0.15, -0.1) is 0 Å². The Morgan fingerprint density at radius 1 is 1.50 bits per heavy atom. The Balaban J connectivity index is 1.68. The van der Waals surface area contributed by atoms with Crippen LogP contribution in [0.3, 0.4) is 0 Å². The summed E-state index contributed by atoms with van der Waals surface area (Å²) < 4.78 is 32.7. The van der Waals surface area contributed by atoms with Gasteiger partial charge < -0.3 is 19.9 Å². The minimum absolute atomic E-state index is 0.0273. The molecule has 1 amide bonds. The Bertz CT molecular complexity index is 823. The number of piperidine rings is 1. The van der Waals surface area contributed by atoms with E-state index in [1.54, 1.807) is 0 Å². The summed E-state index contributed by atoms with van der Waals surface area (Å²) >= 11 is 1.28. The van der Waals surface area contributed by atoms with Crippen molar-refractivity contribution in [2.75, 3.05) is 25.1 Å². The summed E-state index contributed by atoms with van der Waals surface area (Å²) in [5.74, 6) is -2.95. The van der Waals surface area contributed by atoms with Crippen LogP contribution < -0.4 is 10.2 Å². The molecule has 0 saturated carbocycles. The number of ether oxygens (including phenoxy) is 1. The largest absolute Gasteiger partial charge is 0.377 e. The van der Waals surface area contributed by atoms with Crippen LogP contribution in [0.25, 0.3) is 0 Å². The number of anilines is 1. The second-order valence-corrected chi connectivity index (χ2v) is 7.05. The number of amides is 1. The number of hydrogen-bond donors (Lipinski definition) is 2. The quantitative estimate of drug-likeness (QED) is 0.769. The summed E-state index contributed by atoms with van der Waals surface area (Å²) in [5, 5.41) is 3.41. The maximum absolute atomic E-state index is 13.8. The Morgan fingerprint density at radius 3 is 2.85 bits per heavy atom. The van der Waals surface area contributed by atoms with E-state index in [-0.39, 0.29) is 17.8 Å². The van der Waals surface area contributed by atoms with Gasteiger partial charge in [0.05, 0.1) is 28.9 Å². The highest BCUT2D eigenvalue weighted by molar-refractivity contribution is 7.17. The van der Waals surface area contributed by atoms with Crippen molar-refractivity contribution in [3.8, 4) is 0 Å². The van der Waals surface area contributed by atoms with Crippen LogP contribution >= 0.6 is 11.3 Å². The number of methoxy groups -OCH3 is 1. The maximum atomic E-state index is 13.8. The molecule has 26 heavy (non-hydrogen) atoms. The summed E-state index contributed by atoms with van der Waals surface area (Å²) in [6.45, 7) is 2.39. The molecule has 0 spiro atoms. The summed E-state index contributed by atoms with van der Waals surface area (Å²) in [6, 6.07) is -0.361. The molecule has 2 aromatic heterocycles. The lowest BCUT2D eigenvalue weighted by Gasteiger charge is -2.37. The number of carbonyl (C=O) groups is 2. The standard InChI is InChI=1S/C16H18F2N4O3S/c1-8-12(17)13(18)14(20-8)15(24)21-10-3-4-22(6-11(10)25-2)16-19-5-9(7-23)26-16/h5,7,10-11,20H,3-4,6H2,1-2H3,(H,21,24). The molecular weight excluding hydrogens is 366 g/mol. The van der Waals surface area contributed by atoms with E-state index in [9.17, 15) is 18.4 Å². The minimum atomic E-state index is -1.18. The molecule has 10 heteroatoms. The molecule has 2 atom stereocenters. The molecule has 1 aliphatic heterocycles. The van der Waals surface area contributed by atoms with Crippen molar-refractivity contribution in [2.45, 2.75) is 25.5 Å². The number of halogens is 2. The predicted octanol–water partition coefficient (Wildman–Crippen LogP) is 1.89. The fourth-order valence-electron chi connectivity index (χ4n) is 2.94. The molecule has 2 aromatic rings. The number of H-pyrrole nitrogens is 1. The zero-order valence-electron chi connectivity index (χ0n) is 14.2. The molecule has 2 unspecified atom stereocenters. The first kappa shape index (κ1) is 18.5. The van der Waals surface area contributed by atoms with E-state index in [1.807, 2.05) is 4.90 Å². The van der Waals surface area contributed by atoms with Crippen LogP contribution in [-0.4, -0.2) is 54.5 Å². The molecule has 0 aromatic carbocycles. The van der Waals surface area contributed by atoms with E-state index in [4.69, 9.17) is 4.74 Å². The van der Waals surface area contributed by atoms with Gasteiger partial charge in [-0.05, 0) is 13.3 Å². The van der Waals surface area contributed by atoms with Crippen LogP contribution in [-0.2, 0) is 4.74 Å². The van der Waals surface area contributed by atoms with E-state index in [2.05, 4.69) is 15.3 Å². The van der Waals surface area contributed by atoms with Crippen molar-refractivity contribution in [1.29, 1.82) is 0 Å². The Labute approximate surface area is 152 Å². The highest BCUT2D eigenvalue weighted by Gasteiger charge is 2.33. The molecule has 3 heterocycles. The molecular formula is C16H18F2N4O3S. The van der Waals surface area contributed by atoms with Crippen LogP contribution in [0.5, 0.6) is 0 Å². The Kier molecular flexibility index (Phi) is 5.33. The van der Waals surface area contributed by atoms with Gasteiger partial charge in [0.2, 0.25) is 0 Å². The van der Waals surface area contributed by atoms with Crippen molar-refractivity contribution in [1.82, 2.24) is 15.3 Å². The number of carbonyl (C=O) groups excluding carboxylic acids is 2. The molecule has 0 aliphatic carbocycles. The number of aldehydes is 1. The number of nitrogens with one attached hydrogen (secondary N) is 2. The van der Waals surface area contributed by atoms with E-state index in [0.29, 0.717) is 29.5 Å². The molecule has 1 fully saturated rings. The molecule has 2 N–H and O–H groups in total. The number of hydrogen-bond acceptors (Lipinski definition) is 6. The number of aromatic amines is 1. The highest BCUT2D eigenvalue weighted by atomic mass is 32.1. The summed E-state index contributed by atoms with van der Waals surface area (Å²) in [4.78, 5) is 32.2. The van der Waals surface area contributed by atoms with Crippen molar-refractivity contribution in [2.24, 2.45) is 0 Å². The van der Waals surface area contributed by atoms with Crippen LogP contribution in [0.4, 0.5) is 13.9 Å². The van der Waals surface area contributed by atoms with Gasteiger partial charge in [0.25, 0.3) is 5.91 Å². The topological polar surface area (TPSA) is 87.3 Å². The summed E-state index contributed by atoms with van der Waals surface area (Å²) in [6.07, 6.45) is 2.42. The Morgan fingerprint density at radius 2 is 2.27 bits per heavy atom. The van der Waals surface area contributed by atoms with Gasteiger partial charge in [-0.1, -0.05) is 11.3 Å². The number of aryl methyl sites for hydroxylation is 1. The summed E-state index contributed by atoms with van der Waals surface area (Å²) in [5.41, 5.74) is -0.451. The van der Waals surface area contributed by atoms with Crippen molar-refractivity contribution in [3.05, 3.63) is 34.1 Å². The fourth-order valence-corrected chi connectivity index (χ4v) is 3.71. The third-order valence-corrected chi connectivity index (χ3v) is 5.34. The smallest absolute Gasteiger partial charge is 0.271 e. The van der Waals surface area contributed by atoms with Crippen LogP contribution in [0.2, 0.25) is 0 Å². The predicted molar refractivity (Wildman–Crippen MR) is 91.8 cm³/mol. The lowest BCUT2D eigenvalue weighted by Crippen LogP contribution is -2.55. The SMILES string of the molecule is COC1CN(c2ncc(C=O)s2)CCC1NC(=O)c1[nH]c(C)c(F)c1F.